The van der Waals surface area contributed by atoms with E-state index in [0.29, 0.717) is 5.56 Å². The van der Waals surface area contributed by atoms with Crippen LogP contribution in [0.3, 0.4) is 0 Å². The fourth-order valence-electron chi connectivity index (χ4n) is 1.85. The topological polar surface area (TPSA) is 31.2 Å². The van der Waals surface area contributed by atoms with Crippen LogP contribution in [0.5, 0.6) is 0 Å². The van der Waals surface area contributed by atoms with Crippen molar-refractivity contribution in [3.63, 3.8) is 0 Å². The molecule has 0 saturated carbocycles. The summed E-state index contributed by atoms with van der Waals surface area (Å²) in [5.41, 5.74) is 2.49. The van der Waals surface area contributed by atoms with Gasteiger partial charge in [0.1, 0.15) is 0 Å². The molecule has 0 N–H and O–H groups in total. The van der Waals surface area contributed by atoms with Gasteiger partial charge in [0.15, 0.2) is 0 Å². The Labute approximate surface area is 115 Å². The third-order valence-corrected chi connectivity index (χ3v) is 3.28. The fraction of sp³-hybridized carbons (Fsp3) is 0.214. The Morgan fingerprint density at radius 1 is 1.39 bits per heavy atom. The van der Waals surface area contributed by atoms with Gasteiger partial charge in [-0.3, -0.25) is 0 Å². The van der Waals surface area contributed by atoms with Crippen LogP contribution in [0.15, 0.2) is 41.1 Å². The number of carbonyl (C=O) groups excluding carboxylic acids is 1. The zero-order valence-electron chi connectivity index (χ0n) is 10.3. The third-order valence-electron chi connectivity index (χ3n) is 2.79. The molecule has 0 saturated heterocycles. The fourth-order valence-corrected chi connectivity index (χ4v) is 2.25. The summed E-state index contributed by atoms with van der Waals surface area (Å²) in [7, 11) is 1.40. The second-order valence-electron chi connectivity index (χ2n) is 3.92. The van der Waals surface area contributed by atoms with Gasteiger partial charge in [-0.1, -0.05) is 28.1 Å². The zero-order chi connectivity index (χ0) is 13.1. The van der Waals surface area contributed by atoms with E-state index in [1.165, 1.54) is 7.11 Å². The first-order chi connectivity index (χ1) is 8.65. The minimum Gasteiger partial charge on any atom is -0.465 e. The van der Waals surface area contributed by atoms with E-state index < -0.39 is 0 Å². The molecule has 0 radical (unpaired) electrons. The minimum atomic E-state index is -0.308. The standard InChI is InChI=1S/C14H14BrNO2/c1-3-16-8-12(13(9-16)14(17)18-2)10-5-4-6-11(15)7-10/h4-9H,3H2,1-2H3. The van der Waals surface area contributed by atoms with Crippen molar-refractivity contribution in [2.45, 2.75) is 13.5 Å². The van der Waals surface area contributed by atoms with Crippen LogP contribution in [0.2, 0.25) is 0 Å². The van der Waals surface area contributed by atoms with Gasteiger partial charge in [0.2, 0.25) is 0 Å². The first-order valence-corrected chi connectivity index (χ1v) is 6.49. The Bertz CT molecular complexity index is 575. The Balaban J connectivity index is 2.55. The molecule has 3 nitrogen and oxygen atoms in total. The van der Waals surface area contributed by atoms with Crippen molar-refractivity contribution in [3.8, 4) is 11.1 Å². The number of halogens is 1. The molecule has 1 heterocycles. The molecule has 1 aromatic heterocycles. The van der Waals surface area contributed by atoms with Crippen molar-refractivity contribution in [2.75, 3.05) is 7.11 Å². The molecule has 2 aromatic rings. The number of hydrogen-bond acceptors (Lipinski definition) is 2. The molecule has 1 aromatic carbocycles. The van der Waals surface area contributed by atoms with Gasteiger partial charge in [0.25, 0.3) is 0 Å². The van der Waals surface area contributed by atoms with Crippen LogP contribution >= 0.6 is 15.9 Å². The summed E-state index contributed by atoms with van der Waals surface area (Å²) in [4.78, 5) is 11.8. The summed E-state index contributed by atoms with van der Waals surface area (Å²) in [6, 6.07) is 7.87. The molecule has 0 fully saturated rings. The van der Waals surface area contributed by atoms with E-state index in [1.807, 2.05) is 48.1 Å². The van der Waals surface area contributed by atoms with E-state index in [-0.39, 0.29) is 5.97 Å². The molecule has 4 heteroatoms. The lowest BCUT2D eigenvalue weighted by Crippen LogP contribution is -2.01. The molecular formula is C14H14BrNO2. The average molecular weight is 308 g/mol. The Hall–Kier alpha value is -1.55. The van der Waals surface area contributed by atoms with E-state index in [4.69, 9.17) is 4.74 Å². The van der Waals surface area contributed by atoms with Gasteiger partial charge in [-0.2, -0.15) is 0 Å². The number of esters is 1. The first kappa shape index (κ1) is 12.9. The molecule has 0 atom stereocenters. The lowest BCUT2D eigenvalue weighted by Gasteiger charge is -2.02. The van der Waals surface area contributed by atoms with E-state index in [1.54, 1.807) is 0 Å². The molecule has 0 spiro atoms. The summed E-state index contributed by atoms with van der Waals surface area (Å²) in [5, 5.41) is 0. The van der Waals surface area contributed by atoms with Crippen LogP contribution in [-0.2, 0) is 11.3 Å². The number of nitrogens with zero attached hydrogens (tertiary/aromatic N) is 1. The van der Waals surface area contributed by atoms with Crippen LogP contribution in [0.1, 0.15) is 17.3 Å². The van der Waals surface area contributed by atoms with Crippen molar-refractivity contribution in [1.29, 1.82) is 0 Å². The summed E-state index contributed by atoms with van der Waals surface area (Å²) < 4.78 is 7.78. The van der Waals surface area contributed by atoms with Gasteiger partial charge in [0, 0.05) is 29.0 Å². The van der Waals surface area contributed by atoms with Gasteiger partial charge >= 0.3 is 5.97 Å². The van der Waals surface area contributed by atoms with Crippen molar-refractivity contribution < 1.29 is 9.53 Å². The van der Waals surface area contributed by atoms with E-state index in [9.17, 15) is 4.79 Å². The van der Waals surface area contributed by atoms with Gasteiger partial charge in [-0.25, -0.2) is 4.79 Å². The molecule has 94 valence electrons. The van der Waals surface area contributed by atoms with E-state index in [2.05, 4.69) is 15.9 Å². The molecule has 18 heavy (non-hydrogen) atoms. The molecule has 0 bridgehead atoms. The summed E-state index contributed by atoms with van der Waals surface area (Å²) >= 11 is 3.44. The number of carbonyl (C=O) groups is 1. The Kier molecular flexibility index (Phi) is 3.87. The van der Waals surface area contributed by atoms with Crippen LogP contribution in [0, 0.1) is 0 Å². The Morgan fingerprint density at radius 2 is 2.17 bits per heavy atom. The highest BCUT2D eigenvalue weighted by Gasteiger charge is 2.16. The number of hydrogen-bond donors (Lipinski definition) is 0. The minimum absolute atomic E-state index is 0.308. The maximum Gasteiger partial charge on any atom is 0.340 e. The van der Waals surface area contributed by atoms with Crippen LogP contribution < -0.4 is 0 Å². The molecule has 2 rings (SSSR count). The SMILES string of the molecule is CCn1cc(C(=O)OC)c(-c2cccc(Br)c2)c1. The molecule has 0 aliphatic rings. The highest BCUT2D eigenvalue weighted by atomic mass is 79.9. The third kappa shape index (κ3) is 2.48. The van der Waals surface area contributed by atoms with E-state index in [0.717, 1.165) is 22.1 Å². The zero-order valence-corrected chi connectivity index (χ0v) is 11.9. The lowest BCUT2D eigenvalue weighted by atomic mass is 10.1. The maximum absolute atomic E-state index is 11.8. The largest absolute Gasteiger partial charge is 0.465 e. The second kappa shape index (κ2) is 5.40. The van der Waals surface area contributed by atoms with E-state index >= 15 is 0 Å². The molecule has 0 unspecified atom stereocenters. The number of ether oxygens (including phenoxy) is 1. The van der Waals surface area contributed by atoms with Crippen molar-refractivity contribution in [2.24, 2.45) is 0 Å². The predicted octanol–water partition coefficient (Wildman–Crippen LogP) is 3.72. The molecule has 0 aliphatic heterocycles. The molecule has 0 amide bonds. The maximum atomic E-state index is 11.8. The van der Waals surface area contributed by atoms with Gasteiger partial charge in [-0.05, 0) is 24.6 Å². The summed E-state index contributed by atoms with van der Waals surface area (Å²) in [5.74, 6) is -0.308. The number of benzene rings is 1. The monoisotopic (exact) mass is 307 g/mol. The van der Waals surface area contributed by atoms with Gasteiger partial charge in [-0.15, -0.1) is 0 Å². The Morgan fingerprint density at radius 3 is 2.78 bits per heavy atom. The first-order valence-electron chi connectivity index (χ1n) is 5.69. The summed E-state index contributed by atoms with van der Waals surface area (Å²) in [6.07, 6.45) is 3.79. The van der Waals surface area contributed by atoms with Gasteiger partial charge in [0.05, 0.1) is 12.7 Å². The normalized spacial score (nSPS) is 10.4. The van der Waals surface area contributed by atoms with Crippen molar-refractivity contribution in [1.82, 2.24) is 4.57 Å². The van der Waals surface area contributed by atoms with Crippen LogP contribution in [0.4, 0.5) is 0 Å². The van der Waals surface area contributed by atoms with Crippen LogP contribution in [-0.4, -0.2) is 17.6 Å². The smallest absolute Gasteiger partial charge is 0.340 e. The second-order valence-corrected chi connectivity index (χ2v) is 4.83. The molecule has 0 aliphatic carbocycles. The average Bonchev–Trinajstić information content (AvgIpc) is 2.82. The molecular weight excluding hydrogens is 294 g/mol. The predicted molar refractivity (Wildman–Crippen MR) is 74.6 cm³/mol. The summed E-state index contributed by atoms with van der Waals surface area (Å²) in [6.45, 7) is 2.85. The number of methoxy groups -OCH3 is 1. The highest BCUT2D eigenvalue weighted by Crippen LogP contribution is 2.27. The van der Waals surface area contributed by atoms with Crippen molar-refractivity contribution in [3.05, 3.63) is 46.7 Å². The number of rotatable bonds is 3. The number of aryl methyl sites for hydroxylation is 1. The van der Waals surface area contributed by atoms with Crippen molar-refractivity contribution >= 4 is 21.9 Å². The van der Waals surface area contributed by atoms with Gasteiger partial charge < -0.3 is 9.30 Å². The lowest BCUT2D eigenvalue weighted by molar-refractivity contribution is 0.0601. The van der Waals surface area contributed by atoms with Crippen LogP contribution in [0.25, 0.3) is 11.1 Å². The number of aromatic nitrogens is 1. The quantitative estimate of drug-likeness (QED) is 0.809. The highest BCUT2D eigenvalue weighted by molar-refractivity contribution is 9.10.